The van der Waals surface area contributed by atoms with Crippen LogP contribution in [0.5, 0.6) is 0 Å². The lowest BCUT2D eigenvalue weighted by Gasteiger charge is -2.06. The van der Waals surface area contributed by atoms with Gasteiger partial charge in [0.15, 0.2) is 0 Å². The molecule has 0 aliphatic carbocycles. The molecular formula is C13H13BrN2. The van der Waals surface area contributed by atoms with Gasteiger partial charge in [-0.3, -0.25) is 4.98 Å². The Labute approximate surface area is 104 Å². The van der Waals surface area contributed by atoms with Crippen molar-refractivity contribution < 1.29 is 0 Å². The van der Waals surface area contributed by atoms with Crippen molar-refractivity contribution in [2.75, 3.05) is 5.32 Å². The molecule has 0 atom stereocenters. The molecule has 0 fully saturated rings. The molecule has 0 bridgehead atoms. The summed E-state index contributed by atoms with van der Waals surface area (Å²) in [6.45, 7) is 2.83. The number of hydrogen-bond acceptors (Lipinski definition) is 2. The maximum atomic E-state index is 4.30. The quantitative estimate of drug-likeness (QED) is 0.923. The Morgan fingerprint density at radius 3 is 2.50 bits per heavy atom. The third-order valence-corrected chi connectivity index (χ3v) is 2.78. The topological polar surface area (TPSA) is 24.9 Å². The molecule has 2 nitrogen and oxygen atoms in total. The smallest absolute Gasteiger partial charge is 0.0595 e. The van der Waals surface area contributed by atoms with Crippen LogP contribution in [0.15, 0.2) is 47.1 Å². The highest BCUT2D eigenvalue weighted by Gasteiger charge is 1.95. The summed E-state index contributed by atoms with van der Waals surface area (Å²) in [5.41, 5.74) is 3.42. The van der Waals surface area contributed by atoms with Crippen LogP contribution in [-0.4, -0.2) is 4.98 Å². The molecule has 1 heterocycles. The first kappa shape index (κ1) is 11.1. The Morgan fingerprint density at radius 1 is 1.12 bits per heavy atom. The average Bonchev–Trinajstić information content (AvgIpc) is 2.30. The third-order valence-electron chi connectivity index (χ3n) is 2.31. The van der Waals surface area contributed by atoms with Gasteiger partial charge in [-0.15, -0.1) is 0 Å². The van der Waals surface area contributed by atoms with Crippen molar-refractivity contribution in [1.82, 2.24) is 4.98 Å². The zero-order valence-corrected chi connectivity index (χ0v) is 10.7. The van der Waals surface area contributed by atoms with Crippen LogP contribution in [0.4, 0.5) is 5.69 Å². The minimum atomic E-state index is 0.746. The van der Waals surface area contributed by atoms with Crippen LogP contribution in [-0.2, 0) is 6.54 Å². The van der Waals surface area contributed by atoms with Crippen LogP contribution in [0.2, 0.25) is 0 Å². The predicted octanol–water partition coefficient (Wildman–Crippen LogP) is 3.76. The van der Waals surface area contributed by atoms with Crippen molar-refractivity contribution in [3.05, 3.63) is 58.3 Å². The summed E-state index contributed by atoms with van der Waals surface area (Å²) in [5.74, 6) is 0. The van der Waals surface area contributed by atoms with E-state index in [0.29, 0.717) is 0 Å². The van der Waals surface area contributed by atoms with Crippen molar-refractivity contribution in [2.45, 2.75) is 13.5 Å². The largest absolute Gasteiger partial charge is 0.379 e. The number of rotatable bonds is 3. The number of pyridine rings is 1. The number of halogens is 1. The molecule has 2 aromatic rings. The van der Waals surface area contributed by atoms with Gasteiger partial charge in [0.25, 0.3) is 0 Å². The molecule has 0 aliphatic rings. The minimum Gasteiger partial charge on any atom is -0.379 e. The molecular weight excluding hydrogens is 264 g/mol. The number of aryl methyl sites for hydroxylation is 1. The van der Waals surface area contributed by atoms with E-state index in [1.165, 1.54) is 5.56 Å². The molecule has 82 valence electrons. The second-order valence-electron chi connectivity index (χ2n) is 3.69. The first-order chi connectivity index (χ1) is 7.74. The van der Waals surface area contributed by atoms with E-state index in [1.807, 2.05) is 18.3 Å². The van der Waals surface area contributed by atoms with E-state index in [1.54, 1.807) is 0 Å². The highest BCUT2D eigenvalue weighted by molar-refractivity contribution is 9.10. The van der Waals surface area contributed by atoms with E-state index < -0.39 is 0 Å². The maximum Gasteiger partial charge on any atom is 0.0595 e. The van der Waals surface area contributed by atoms with Crippen molar-refractivity contribution in [1.29, 1.82) is 0 Å². The van der Waals surface area contributed by atoms with Crippen LogP contribution in [0, 0.1) is 6.92 Å². The van der Waals surface area contributed by atoms with Crippen molar-refractivity contribution >= 4 is 21.6 Å². The van der Waals surface area contributed by atoms with Gasteiger partial charge in [-0.1, -0.05) is 17.7 Å². The Morgan fingerprint density at radius 2 is 1.88 bits per heavy atom. The van der Waals surface area contributed by atoms with Gasteiger partial charge in [-0.05, 0) is 47.1 Å². The highest BCUT2D eigenvalue weighted by Crippen LogP contribution is 2.11. The van der Waals surface area contributed by atoms with Crippen LogP contribution in [0.25, 0.3) is 0 Å². The molecule has 0 unspecified atom stereocenters. The molecule has 1 aromatic carbocycles. The molecule has 1 N–H and O–H groups in total. The summed E-state index contributed by atoms with van der Waals surface area (Å²) in [6, 6.07) is 12.3. The lowest BCUT2D eigenvalue weighted by atomic mass is 10.2. The number of nitrogens with one attached hydrogen (secondary N) is 1. The molecule has 0 aliphatic heterocycles. The van der Waals surface area contributed by atoms with Gasteiger partial charge in [-0.25, -0.2) is 0 Å². The van der Waals surface area contributed by atoms with Gasteiger partial charge < -0.3 is 5.32 Å². The highest BCUT2D eigenvalue weighted by atomic mass is 79.9. The Hall–Kier alpha value is -1.35. The van der Waals surface area contributed by atoms with E-state index in [0.717, 1.165) is 22.4 Å². The summed E-state index contributed by atoms with van der Waals surface area (Å²) < 4.78 is 1.01. The summed E-state index contributed by atoms with van der Waals surface area (Å²) in [5, 5.41) is 3.33. The number of nitrogens with zero attached hydrogens (tertiary/aromatic N) is 1. The van der Waals surface area contributed by atoms with Gasteiger partial charge in [0, 0.05) is 16.4 Å². The molecule has 2 rings (SSSR count). The number of benzene rings is 1. The molecule has 0 spiro atoms. The fourth-order valence-electron chi connectivity index (χ4n) is 1.38. The zero-order valence-electron chi connectivity index (χ0n) is 9.07. The van der Waals surface area contributed by atoms with Gasteiger partial charge in [0.2, 0.25) is 0 Å². The molecule has 0 radical (unpaired) electrons. The zero-order chi connectivity index (χ0) is 11.4. The molecule has 0 saturated carbocycles. The Bertz CT molecular complexity index is 403. The van der Waals surface area contributed by atoms with Gasteiger partial charge in [-0.2, -0.15) is 0 Å². The molecule has 0 saturated heterocycles. The summed E-state index contributed by atoms with van der Waals surface area (Å²) in [6.07, 6.45) is 1.81. The van der Waals surface area contributed by atoms with E-state index in [9.17, 15) is 0 Å². The minimum absolute atomic E-state index is 0.746. The van der Waals surface area contributed by atoms with Gasteiger partial charge in [0.05, 0.1) is 12.2 Å². The lowest BCUT2D eigenvalue weighted by molar-refractivity contribution is 1.04. The number of anilines is 1. The molecule has 1 aromatic heterocycles. The molecule has 3 heteroatoms. The van der Waals surface area contributed by atoms with Crippen molar-refractivity contribution in [3.8, 4) is 0 Å². The third kappa shape index (κ3) is 3.07. The fraction of sp³-hybridized carbons (Fsp3) is 0.154. The van der Waals surface area contributed by atoms with Crippen molar-refractivity contribution in [3.63, 3.8) is 0 Å². The second-order valence-corrected chi connectivity index (χ2v) is 4.60. The standard InChI is InChI=1S/C13H13BrN2/c1-10-2-5-12(6-3-10)16-9-13-7-4-11(14)8-15-13/h2-8,16H,9H2,1H3. The lowest BCUT2D eigenvalue weighted by Crippen LogP contribution is -2.00. The summed E-state index contributed by atoms with van der Waals surface area (Å²) in [7, 11) is 0. The number of aromatic nitrogens is 1. The molecule has 0 amide bonds. The van der Waals surface area contributed by atoms with Gasteiger partial charge >= 0.3 is 0 Å². The van der Waals surface area contributed by atoms with E-state index in [4.69, 9.17) is 0 Å². The Kier molecular flexibility index (Phi) is 3.57. The predicted molar refractivity (Wildman–Crippen MR) is 70.4 cm³/mol. The van der Waals surface area contributed by atoms with Crippen LogP contribution >= 0.6 is 15.9 Å². The Balaban J connectivity index is 1.97. The van der Waals surface area contributed by atoms with Crippen LogP contribution < -0.4 is 5.32 Å². The van der Waals surface area contributed by atoms with Crippen LogP contribution in [0.1, 0.15) is 11.3 Å². The first-order valence-corrected chi connectivity index (χ1v) is 5.94. The summed E-state index contributed by atoms with van der Waals surface area (Å²) in [4.78, 5) is 4.30. The second kappa shape index (κ2) is 5.12. The van der Waals surface area contributed by atoms with E-state index in [2.05, 4.69) is 57.4 Å². The first-order valence-electron chi connectivity index (χ1n) is 5.15. The fourth-order valence-corrected chi connectivity index (χ4v) is 1.61. The van der Waals surface area contributed by atoms with E-state index >= 15 is 0 Å². The maximum absolute atomic E-state index is 4.30. The normalized spacial score (nSPS) is 10.1. The van der Waals surface area contributed by atoms with Crippen LogP contribution in [0.3, 0.4) is 0 Å². The molecule has 16 heavy (non-hydrogen) atoms. The number of hydrogen-bond donors (Lipinski definition) is 1. The van der Waals surface area contributed by atoms with Gasteiger partial charge in [0.1, 0.15) is 0 Å². The average molecular weight is 277 g/mol. The van der Waals surface area contributed by atoms with E-state index in [-0.39, 0.29) is 0 Å². The summed E-state index contributed by atoms with van der Waals surface area (Å²) >= 11 is 3.37. The van der Waals surface area contributed by atoms with Crippen molar-refractivity contribution in [2.24, 2.45) is 0 Å². The monoisotopic (exact) mass is 276 g/mol. The SMILES string of the molecule is Cc1ccc(NCc2ccc(Br)cn2)cc1.